The molecule has 2 aliphatic heterocycles. The van der Waals surface area contributed by atoms with Gasteiger partial charge in [0.25, 0.3) is 0 Å². The maximum atomic E-state index is 13.1. The number of hydrogen-bond acceptors (Lipinski definition) is 6. The molecule has 2 aromatic rings. The first-order chi connectivity index (χ1) is 16.5. The van der Waals surface area contributed by atoms with Crippen LogP contribution in [-0.2, 0) is 9.53 Å². The van der Waals surface area contributed by atoms with Gasteiger partial charge in [-0.25, -0.2) is 0 Å². The number of carbonyl (C=O) groups is 1. The fraction of sp³-hybridized carbons (Fsp3) is 0.423. The van der Waals surface area contributed by atoms with E-state index >= 15 is 0 Å². The van der Waals surface area contributed by atoms with E-state index < -0.39 is 0 Å². The summed E-state index contributed by atoms with van der Waals surface area (Å²) in [5.41, 5.74) is 2.44. The van der Waals surface area contributed by atoms with Gasteiger partial charge in [-0.1, -0.05) is 25.1 Å². The van der Waals surface area contributed by atoms with E-state index in [4.69, 9.17) is 23.7 Å². The summed E-state index contributed by atoms with van der Waals surface area (Å²) in [6, 6.07) is 9.78. The monoisotopic (exact) mass is 469 g/mol. The maximum Gasteiger partial charge on any atom is 0.231 e. The van der Waals surface area contributed by atoms with Gasteiger partial charge in [0.2, 0.25) is 18.4 Å². The van der Waals surface area contributed by atoms with Gasteiger partial charge in [-0.05, 0) is 35.4 Å². The Balaban J connectivity index is 1.51. The third-order valence-corrected chi connectivity index (χ3v) is 6.44. The van der Waals surface area contributed by atoms with Crippen LogP contribution >= 0.6 is 0 Å². The zero-order chi connectivity index (χ0) is 24.1. The van der Waals surface area contributed by atoms with Crippen molar-refractivity contribution >= 4 is 23.7 Å². The third kappa shape index (κ3) is 5.13. The first-order valence-electron chi connectivity index (χ1n) is 11.5. The van der Waals surface area contributed by atoms with E-state index in [-0.39, 0.29) is 24.7 Å². The zero-order valence-corrected chi connectivity index (χ0v) is 20.1. The number of hydrogen-bond donors (Lipinski definition) is 2. The van der Waals surface area contributed by atoms with E-state index in [0.717, 1.165) is 30.5 Å². The van der Waals surface area contributed by atoms with Crippen LogP contribution in [0.5, 0.6) is 23.0 Å². The van der Waals surface area contributed by atoms with Crippen LogP contribution in [0.1, 0.15) is 30.9 Å². The Hall–Kier alpha value is -3.23. The molecule has 34 heavy (non-hydrogen) atoms. The van der Waals surface area contributed by atoms with E-state index in [0.29, 0.717) is 34.7 Å². The minimum atomic E-state index is -0.297. The first kappa shape index (κ1) is 23.9. The molecule has 3 N–H and O–H groups in total. The van der Waals surface area contributed by atoms with Gasteiger partial charge in [0.1, 0.15) is 17.9 Å². The summed E-state index contributed by atoms with van der Waals surface area (Å²) in [6.45, 7) is 3.18. The highest BCUT2D eigenvalue weighted by atomic mass is 16.7. The van der Waals surface area contributed by atoms with Crippen LogP contribution in [0.25, 0.3) is 12.2 Å². The molecule has 0 bridgehead atoms. The van der Waals surface area contributed by atoms with Crippen molar-refractivity contribution in [3.8, 4) is 23.0 Å². The van der Waals surface area contributed by atoms with Gasteiger partial charge >= 0.3 is 0 Å². The third-order valence-electron chi connectivity index (χ3n) is 6.44. The highest BCUT2D eigenvalue weighted by Gasteiger charge is 2.36. The van der Waals surface area contributed by atoms with Crippen LogP contribution in [0.2, 0.25) is 0 Å². The van der Waals surface area contributed by atoms with Gasteiger partial charge in [-0.15, -0.1) is 0 Å². The summed E-state index contributed by atoms with van der Waals surface area (Å²) >= 11 is 0. The molecule has 3 atom stereocenters. The lowest BCUT2D eigenvalue weighted by atomic mass is 9.95. The minimum absolute atomic E-state index is 0.0907. The standard InChI is InChI=1S/C26H32N2O6/c1-16(24(32-4)19-6-5-11-27-19)26(29)28-20-12-17(9-10-21(20)30-2)7-8-18-13-22(31-3)25-23(14-18)33-15-34-25/h7-10,12-14,16,19,24,27H,5-6,11,15H2,1-4H3,(H,28,29)/p+1/b8-7-/t16-,19+,24-/m1/s1. The molecule has 0 aliphatic carbocycles. The molecule has 2 aromatic carbocycles. The number of amides is 1. The van der Waals surface area contributed by atoms with Crippen molar-refractivity contribution in [1.82, 2.24) is 0 Å². The van der Waals surface area contributed by atoms with Gasteiger partial charge in [0, 0.05) is 20.0 Å². The number of fused-ring (bicyclic) bond motifs is 1. The number of benzene rings is 2. The Kier molecular flexibility index (Phi) is 7.59. The average molecular weight is 470 g/mol. The quantitative estimate of drug-likeness (QED) is 0.549. The number of methoxy groups -OCH3 is 3. The molecule has 182 valence electrons. The summed E-state index contributed by atoms with van der Waals surface area (Å²) in [7, 11) is 4.87. The topological polar surface area (TPSA) is 91.9 Å². The Bertz CT molecular complexity index is 1050. The number of quaternary nitrogens is 1. The summed E-state index contributed by atoms with van der Waals surface area (Å²) < 4.78 is 27.6. The van der Waals surface area contributed by atoms with Gasteiger partial charge in [0.05, 0.1) is 32.4 Å². The van der Waals surface area contributed by atoms with Crippen LogP contribution in [0.4, 0.5) is 5.69 Å². The molecule has 0 aromatic heterocycles. The lowest BCUT2D eigenvalue weighted by molar-refractivity contribution is -0.678. The van der Waals surface area contributed by atoms with Crippen LogP contribution in [-0.4, -0.2) is 52.7 Å². The van der Waals surface area contributed by atoms with Crippen molar-refractivity contribution in [2.75, 3.05) is 40.0 Å². The Labute approximate surface area is 200 Å². The molecular weight excluding hydrogens is 436 g/mol. The molecule has 1 amide bonds. The maximum absolute atomic E-state index is 13.1. The molecular formula is C26H33N2O6+. The molecule has 0 radical (unpaired) electrons. The molecule has 0 unspecified atom stereocenters. The molecule has 8 nitrogen and oxygen atoms in total. The Morgan fingerprint density at radius 2 is 1.88 bits per heavy atom. The van der Waals surface area contributed by atoms with E-state index in [9.17, 15) is 4.79 Å². The van der Waals surface area contributed by atoms with E-state index in [1.807, 2.05) is 49.4 Å². The normalized spacial score (nSPS) is 18.6. The van der Waals surface area contributed by atoms with E-state index in [1.54, 1.807) is 21.3 Å². The van der Waals surface area contributed by atoms with Crippen LogP contribution in [0.3, 0.4) is 0 Å². The van der Waals surface area contributed by atoms with Crippen molar-refractivity contribution in [2.45, 2.75) is 31.9 Å². The second-order valence-corrected chi connectivity index (χ2v) is 8.56. The lowest BCUT2D eigenvalue weighted by Crippen LogP contribution is -2.89. The second-order valence-electron chi connectivity index (χ2n) is 8.56. The largest absolute Gasteiger partial charge is 0.495 e. The minimum Gasteiger partial charge on any atom is -0.495 e. The van der Waals surface area contributed by atoms with Crippen molar-refractivity contribution in [3.05, 3.63) is 41.5 Å². The Morgan fingerprint density at radius 1 is 1.09 bits per heavy atom. The van der Waals surface area contributed by atoms with Crippen LogP contribution in [0.15, 0.2) is 30.3 Å². The summed E-state index contributed by atoms with van der Waals surface area (Å²) in [5.74, 6) is 2.11. The molecule has 2 heterocycles. The zero-order valence-electron chi connectivity index (χ0n) is 20.1. The fourth-order valence-electron chi connectivity index (χ4n) is 4.61. The Morgan fingerprint density at radius 3 is 2.59 bits per heavy atom. The van der Waals surface area contributed by atoms with Crippen molar-refractivity contribution < 1.29 is 33.8 Å². The van der Waals surface area contributed by atoms with Gasteiger partial charge in [-0.3, -0.25) is 4.79 Å². The number of nitrogens with one attached hydrogen (secondary N) is 1. The number of ether oxygens (including phenoxy) is 5. The molecule has 0 saturated carbocycles. The van der Waals surface area contributed by atoms with Crippen LogP contribution in [0, 0.1) is 5.92 Å². The molecule has 2 aliphatic rings. The number of anilines is 1. The van der Waals surface area contributed by atoms with E-state index in [2.05, 4.69) is 10.6 Å². The van der Waals surface area contributed by atoms with Gasteiger partial charge < -0.3 is 34.3 Å². The van der Waals surface area contributed by atoms with Crippen molar-refractivity contribution in [3.63, 3.8) is 0 Å². The summed E-state index contributed by atoms with van der Waals surface area (Å²) in [4.78, 5) is 13.1. The summed E-state index contributed by atoms with van der Waals surface area (Å²) in [6.07, 6.45) is 5.98. The molecule has 1 saturated heterocycles. The van der Waals surface area contributed by atoms with Crippen molar-refractivity contribution in [1.29, 1.82) is 0 Å². The highest BCUT2D eigenvalue weighted by molar-refractivity contribution is 5.94. The number of rotatable bonds is 9. The van der Waals surface area contributed by atoms with Crippen LogP contribution < -0.4 is 29.6 Å². The SMILES string of the molecule is COc1ccc(/C=C\c2cc(OC)c3c(c2)OCO3)cc1NC(=O)[C@H](C)[C@@H](OC)[C@@H]1CCC[NH2+]1. The first-order valence-corrected chi connectivity index (χ1v) is 11.5. The predicted molar refractivity (Wildman–Crippen MR) is 129 cm³/mol. The molecule has 8 heteroatoms. The predicted octanol–water partition coefficient (Wildman–Crippen LogP) is 2.92. The molecule has 0 spiro atoms. The van der Waals surface area contributed by atoms with Crippen molar-refractivity contribution in [2.24, 2.45) is 5.92 Å². The smallest absolute Gasteiger partial charge is 0.231 e. The fourth-order valence-corrected chi connectivity index (χ4v) is 4.61. The lowest BCUT2D eigenvalue weighted by Gasteiger charge is -2.25. The molecule has 1 fully saturated rings. The van der Waals surface area contributed by atoms with Gasteiger partial charge in [0.15, 0.2) is 11.5 Å². The highest BCUT2D eigenvalue weighted by Crippen LogP contribution is 2.42. The second kappa shape index (κ2) is 10.8. The molecule has 4 rings (SSSR count). The summed E-state index contributed by atoms with van der Waals surface area (Å²) in [5, 5.41) is 5.31. The van der Waals surface area contributed by atoms with E-state index in [1.165, 1.54) is 0 Å². The number of carbonyl (C=O) groups excluding carboxylic acids is 1. The van der Waals surface area contributed by atoms with Gasteiger partial charge in [-0.2, -0.15) is 0 Å². The number of nitrogens with two attached hydrogens (primary N) is 1. The average Bonchev–Trinajstić information content (AvgIpc) is 3.55.